The fourth-order valence-electron chi connectivity index (χ4n) is 2.80. The number of para-hydroxylation sites is 1. The number of rotatable bonds is 7. The van der Waals surface area contributed by atoms with Crippen molar-refractivity contribution in [3.8, 4) is 11.1 Å². The maximum Gasteiger partial charge on any atom is 0.341 e. The zero-order valence-corrected chi connectivity index (χ0v) is 16.6. The molecule has 0 aliphatic rings. The van der Waals surface area contributed by atoms with Crippen molar-refractivity contribution in [3.63, 3.8) is 0 Å². The largest absolute Gasteiger partial charge is 0.462 e. The maximum atomic E-state index is 12.5. The summed E-state index contributed by atoms with van der Waals surface area (Å²) in [6, 6.07) is 17.3. The number of carbonyl (C=O) groups is 2. The van der Waals surface area contributed by atoms with Crippen LogP contribution in [-0.2, 0) is 9.53 Å². The van der Waals surface area contributed by atoms with E-state index in [0.29, 0.717) is 10.6 Å². The number of esters is 1. The Morgan fingerprint density at radius 1 is 1.04 bits per heavy atom. The molecule has 0 radical (unpaired) electrons. The topological polar surface area (TPSA) is 67.4 Å². The van der Waals surface area contributed by atoms with Crippen LogP contribution in [0.4, 0.5) is 10.7 Å². The van der Waals surface area contributed by atoms with Gasteiger partial charge in [0.15, 0.2) is 0 Å². The van der Waals surface area contributed by atoms with Gasteiger partial charge in [-0.25, -0.2) is 4.79 Å². The summed E-state index contributed by atoms with van der Waals surface area (Å²) >= 11 is 1.32. The third kappa shape index (κ3) is 4.58. The van der Waals surface area contributed by atoms with Crippen molar-refractivity contribution < 1.29 is 14.3 Å². The fraction of sp³-hybridized carbons (Fsp3) is 0.182. The van der Waals surface area contributed by atoms with Gasteiger partial charge in [0.25, 0.3) is 0 Å². The molecule has 28 heavy (non-hydrogen) atoms. The van der Waals surface area contributed by atoms with Crippen LogP contribution in [0.25, 0.3) is 11.1 Å². The summed E-state index contributed by atoms with van der Waals surface area (Å²) in [7, 11) is 0. The van der Waals surface area contributed by atoms with Crippen molar-refractivity contribution in [1.29, 1.82) is 0 Å². The molecule has 6 heteroatoms. The molecule has 0 aliphatic carbocycles. The van der Waals surface area contributed by atoms with E-state index in [-0.39, 0.29) is 19.1 Å². The van der Waals surface area contributed by atoms with E-state index in [0.717, 1.165) is 22.4 Å². The van der Waals surface area contributed by atoms with Crippen molar-refractivity contribution >= 4 is 33.9 Å². The number of hydrogen-bond donors (Lipinski definition) is 2. The van der Waals surface area contributed by atoms with E-state index in [1.54, 1.807) is 6.92 Å². The Hall–Kier alpha value is -3.12. The van der Waals surface area contributed by atoms with Crippen LogP contribution in [0.15, 0.2) is 60.0 Å². The molecule has 1 heterocycles. The molecule has 3 rings (SSSR count). The molecule has 0 bridgehead atoms. The van der Waals surface area contributed by atoms with Gasteiger partial charge in [-0.2, -0.15) is 0 Å². The van der Waals surface area contributed by atoms with Gasteiger partial charge in [-0.3, -0.25) is 4.79 Å². The van der Waals surface area contributed by atoms with Gasteiger partial charge < -0.3 is 15.4 Å². The highest BCUT2D eigenvalue weighted by Crippen LogP contribution is 2.36. The first-order valence-electron chi connectivity index (χ1n) is 9.03. The minimum Gasteiger partial charge on any atom is -0.462 e. The fourth-order valence-corrected chi connectivity index (χ4v) is 3.78. The van der Waals surface area contributed by atoms with Crippen LogP contribution in [0, 0.1) is 6.92 Å². The minimum absolute atomic E-state index is 0.103. The Balaban J connectivity index is 1.79. The first-order chi connectivity index (χ1) is 13.6. The highest BCUT2D eigenvalue weighted by molar-refractivity contribution is 7.15. The number of benzene rings is 2. The average molecular weight is 394 g/mol. The lowest BCUT2D eigenvalue weighted by atomic mass is 10.0. The third-order valence-electron chi connectivity index (χ3n) is 4.19. The Labute approximate surface area is 168 Å². The maximum absolute atomic E-state index is 12.5. The molecule has 5 nitrogen and oxygen atoms in total. The van der Waals surface area contributed by atoms with E-state index in [1.807, 2.05) is 66.9 Å². The molecule has 0 saturated carbocycles. The number of aryl methyl sites for hydroxylation is 1. The Morgan fingerprint density at radius 2 is 1.75 bits per heavy atom. The number of amides is 1. The van der Waals surface area contributed by atoms with Gasteiger partial charge >= 0.3 is 5.97 Å². The van der Waals surface area contributed by atoms with E-state index in [2.05, 4.69) is 10.6 Å². The van der Waals surface area contributed by atoms with Crippen LogP contribution < -0.4 is 10.6 Å². The number of ether oxygens (including phenoxy) is 1. The van der Waals surface area contributed by atoms with Crippen LogP contribution in [0.2, 0.25) is 0 Å². The van der Waals surface area contributed by atoms with Gasteiger partial charge in [0.05, 0.1) is 13.2 Å². The van der Waals surface area contributed by atoms with Gasteiger partial charge in [-0.1, -0.05) is 48.5 Å². The molecule has 2 aromatic carbocycles. The van der Waals surface area contributed by atoms with Crippen molar-refractivity contribution in [3.05, 3.63) is 71.1 Å². The number of thiophene rings is 1. The van der Waals surface area contributed by atoms with Gasteiger partial charge in [0, 0.05) is 16.6 Å². The van der Waals surface area contributed by atoms with E-state index < -0.39 is 5.97 Å². The minimum atomic E-state index is -0.440. The second kappa shape index (κ2) is 9.19. The van der Waals surface area contributed by atoms with Gasteiger partial charge in [0.2, 0.25) is 5.91 Å². The zero-order valence-electron chi connectivity index (χ0n) is 15.8. The molecule has 0 saturated heterocycles. The normalized spacial score (nSPS) is 10.4. The zero-order chi connectivity index (χ0) is 19.9. The summed E-state index contributed by atoms with van der Waals surface area (Å²) in [6.07, 6.45) is 0. The SMILES string of the molecule is CCOC(=O)c1c(-c2ccccc2)csc1NC(=O)CNc1ccccc1C. The quantitative estimate of drug-likeness (QED) is 0.556. The number of anilines is 2. The van der Waals surface area contributed by atoms with Crippen LogP contribution >= 0.6 is 11.3 Å². The third-order valence-corrected chi connectivity index (χ3v) is 5.09. The lowest BCUT2D eigenvalue weighted by Gasteiger charge is -2.11. The first-order valence-corrected chi connectivity index (χ1v) is 9.91. The van der Waals surface area contributed by atoms with Gasteiger partial charge in [-0.15, -0.1) is 11.3 Å². The second-order valence-electron chi connectivity index (χ2n) is 6.16. The molecule has 0 spiro atoms. The van der Waals surface area contributed by atoms with Crippen molar-refractivity contribution in [2.24, 2.45) is 0 Å². The Kier molecular flexibility index (Phi) is 6.45. The standard InChI is InChI=1S/C22H22N2O3S/c1-3-27-22(26)20-17(16-10-5-4-6-11-16)14-28-21(20)24-19(25)13-23-18-12-8-7-9-15(18)2/h4-12,14,23H,3,13H2,1-2H3,(H,24,25). The molecule has 1 aromatic heterocycles. The van der Waals surface area contributed by atoms with E-state index in [4.69, 9.17) is 4.74 Å². The lowest BCUT2D eigenvalue weighted by Crippen LogP contribution is -2.22. The Bertz CT molecular complexity index is 967. The highest BCUT2D eigenvalue weighted by Gasteiger charge is 2.22. The number of carbonyl (C=O) groups excluding carboxylic acids is 2. The molecule has 0 atom stereocenters. The molecule has 3 aromatic rings. The summed E-state index contributed by atoms with van der Waals surface area (Å²) in [5.41, 5.74) is 4.01. The highest BCUT2D eigenvalue weighted by atomic mass is 32.1. The second-order valence-corrected chi connectivity index (χ2v) is 7.04. The van der Waals surface area contributed by atoms with Crippen molar-refractivity contribution in [1.82, 2.24) is 0 Å². The van der Waals surface area contributed by atoms with Crippen LogP contribution in [0.1, 0.15) is 22.8 Å². The molecule has 0 aliphatic heterocycles. The summed E-state index contributed by atoms with van der Waals surface area (Å²) in [5, 5.41) is 8.33. The molecule has 1 amide bonds. The summed E-state index contributed by atoms with van der Waals surface area (Å²) in [4.78, 5) is 25.0. The lowest BCUT2D eigenvalue weighted by molar-refractivity contribution is -0.114. The molecule has 0 fully saturated rings. The molecule has 0 unspecified atom stereocenters. The summed E-state index contributed by atoms with van der Waals surface area (Å²) < 4.78 is 5.22. The van der Waals surface area contributed by atoms with Crippen molar-refractivity contribution in [2.75, 3.05) is 23.8 Å². The van der Waals surface area contributed by atoms with Crippen LogP contribution in [0.3, 0.4) is 0 Å². The van der Waals surface area contributed by atoms with E-state index in [1.165, 1.54) is 11.3 Å². The average Bonchev–Trinajstić information content (AvgIpc) is 3.12. The molecule has 2 N–H and O–H groups in total. The van der Waals surface area contributed by atoms with Crippen molar-refractivity contribution in [2.45, 2.75) is 13.8 Å². The molecular weight excluding hydrogens is 372 g/mol. The van der Waals surface area contributed by atoms with Gasteiger partial charge in [0.1, 0.15) is 10.6 Å². The van der Waals surface area contributed by atoms with Crippen LogP contribution in [-0.4, -0.2) is 25.0 Å². The monoisotopic (exact) mass is 394 g/mol. The van der Waals surface area contributed by atoms with Gasteiger partial charge in [-0.05, 0) is 31.0 Å². The predicted octanol–water partition coefficient (Wildman–Crippen LogP) is 4.95. The predicted molar refractivity (Wildman–Crippen MR) is 114 cm³/mol. The molecular formula is C22H22N2O3S. The van der Waals surface area contributed by atoms with Crippen LogP contribution in [0.5, 0.6) is 0 Å². The van der Waals surface area contributed by atoms with E-state index >= 15 is 0 Å². The summed E-state index contributed by atoms with van der Waals surface area (Å²) in [6.45, 7) is 4.11. The summed E-state index contributed by atoms with van der Waals surface area (Å²) in [5.74, 6) is -0.667. The number of nitrogens with one attached hydrogen (secondary N) is 2. The number of hydrogen-bond acceptors (Lipinski definition) is 5. The molecule has 144 valence electrons. The smallest absolute Gasteiger partial charge is 0.341 e. The Morgan fingerprint density at radius 3 is 2.46 bits per heavy atom. The first kappa shape index (κ1) is 19.6. The van der Waals surface area contributed by atoms with E-state index in [9.17, 15) is 9.59 Å².